The maximum Gasteiger partial charge on any atom is 0.158 e. The third kappa shape index (κ3) is 3.30. The molecule has 0 fully saturated rings. The number of hydrogen-bond acceptors (Lipinski definition) is 2. The van der Waals surface area contributed by atoms with Crippen LogP contribution in [0.1, 0.15) is 19.4 Å². The number of rotatable bonds is 5. The maximum atomic E-state index is 11.2. The molecule has 0 amide bonds. The molecule has 0 aliphatic rings. The van der Waals surface area contributed by atoms with Crippen molar-refractivity contribution in [1.82, 2.24) is 0 Å². The average molecular weight is 192 g/mol. The monoisotopic (exact) mass is 192 g/mol. The van der Waals surface area contributed by atoms with Crippen molar-refractivity contribution >= 4 is 5.78 Å². The Hall–Kier alpha value is -1.15. The Morgan fingerprint density at radius 2 is 2.00 bits per heavy atom. The minimum Gasteiger partial charge on any atom is -0.370 e. The first kappa shape index (κ1) is 10.9. The van der Waals surface area contributed by atoms with Gasteiger partial charge in [0.2, 0.25) is 0 Å². The summed E-state index contributed by atoms with van der Waals surface area (Å²) < 4.78 is 5.36. The van der Waals surface area contributed by atoms with Gasteiger partial charge in [0.15, 0.2) is 5.78 Å². The second-order valence-corrected chi connectivity index (χ2v) is 3.24. The van der Waals surface area contributed by atoms with Crippen LogP contribution in [0.5, 0.6) is 0 Å². The number of ketones is 1. The van der Waals surface area contributed by atoms with Gasteiger partial charge in [0, 0.05) is 13.0 Å². The summed E-state index contributed by atoms with van der Waals surface area (Å²) in [6, 6.07) is 9.92. The number of carbonyl (C=O) groups is 1. The van der Waals surface area contributed by atoms with Crippen LogP contribution in [0.3, 0.4) is 0 Å². The van der Waals surface area contributed by atoms with Crippen LogP contribution >= 0.6 is 0 Å². The highest BCUT2D eigenvalue weighted by atomic mass is 16.5. The first-order chi connectivity index (χ1) is 6.74. The molecule has 0 saturated heterocycles. The molecule has 1 aromatic carbocycles. The van der Waals surface area contributed by atoms with Gasteiger partial charge in [-0.05, 0) is 19.4 Å². The van der Waals surface area contributed by atoms with Gasteiger partial charge in [-0.15, -0.1) is 0 Å². The van der Waals surface area contributed by atoms with E-state index in [0.29, 0.717) is 13.0 Å². The van der Waals surface area contributed by atoms with Crippen LogP contribution < -0.4 is 0 Å². The molecule has 0 heterocycles. The Kier molecular flexibility index (Phi) is 4.33. The number of carbonyl (C=O) groups excluding carboxylic acids is 1. The quantitative estimate of drug-likeness (QED) is 0.715. The average Bonchev–Trinajstić information content (AvgIpc) is 2.18. The molecule has 1 rings (SSSR count). The van der Waals surface area contributed by atoms with Crippen LogP contribution in [0.15, 0.2) is 30.3 Å². The zero-order valence-electron chi connectivity index (χ0n) is 8.69. The normalized spacial score (nSPS) is 12.4. The summed E-state index contributed by atoms with van der Waals surface area (Å²) in [7, 11) is 0. The number of Topliss-reactive ketones (excluding diaryl/α,β-unsaturated/α-hetero) is 1. The fourth-order valence-electron chi connectivity index (χ4n) is 1.35. The summed E-state index contributed by atoms with van der Waals surface area (Å²) >= 11 is 0. The highest BCUT2D eigenvalue weighted by Crippen LogP contribution is 2.06. The van der Waals surface area contributed by atoms with Crippen molar-refractivity contribution in [2.45, 2.75) is 26.4 Å². The topological polar surface area (TPSA) is 26.3 Å². The van der Waals surface area contributed by atoms with Gasteiger partial charge in [0.1, 0.15) is 6.10 Å². The first-order valence-corrected chi connectivity index (χ1v) is 4.90. The van der Waals surface area contributed by atoms with Crippen LogP contribution in [0.4, 0.5) is 0 Å². The molecular formula is C12H16O2. The van der Waals surface area contributed by atoms with E-state index < -0.39 is 0 Å². The molecule has 1 atom stereocenters. The predicted molar refractivity (Wildman–Crippen MR) is 56.2 cm³/mol. The largest absolute Gasteiger partial charge is 0.370 e. The van der Waals surface area contributed by atoms with E-state index >= 15 is 0 Å². The summed E-state index contributed by atoms with van der Waals surface area (Å²) in [6.07, 6.45) is 0.381. The molecule has 1 unspecified atom stereocenters. The van der Waals surface area contributed by atoms with E-state index in [0.717, 1.165) is 5.56 Å². The maximum absolute atomic E-state index is 11.2. The first-order valence-electron chi connectivity index (χ1n) is 4.90. The van der Waals surface area contributed by atoms with Crippen molar-refractivity contribution in [1.29, 1.82) is 0 Å². The molecule has 1 aromatic rings. The van der Waals surface area contributed by atoms with Gasteiger partial charge in [-0.3, -0.25) is 4.79 Å². The minimum absolute atomic E-state index is 0.0932. The Balaban J connectivity index is 2.60. The fourth-order valence-corrected chi connectivity index (χ4v) is 1.35. The molecule has 0 radical (unpaired) electrons. The molecule has 76 valence electrons. The van der Waals surface area contributed by atoms with E-state index in [2.05, 4.69) is 0 Å². The van der Waals surface area contributed by atoms with E-state index in [-0.39, 0.29) is 11.9 Å². The van der Waals surface area contributed by atoms with E-state index in [1.165, 1.54) is 0 Å². The summed E-state index contributed by atoms with van der Waals surface area (Å²) in [4.78, 5) is 11.2. The van der Waals surface area contributed by atoms with Crippen molar-refractivity contribution < 1.29 is 9.53 Å². The van der Waals surface area contributed by atoms with Gasteiger partial charge in [0.05, 0.1) is 0 Å². The summed E-state index contributed by atoms with van der Waals surface area (Å²) in [5.74, 6) is 0.0932. The lowest BCUT2D eigenvalue weighted by Crippen LogP contribution is -2.24. The Morgan fingerprint density at radius 3 is 2.50 bits per heavy atom. The molecule has 2 nitrogen and oxygen atoms in total. The van der Waals surface area contributed by atoms with E-state index in [9.17, 15) is 4.79 Å². The molecule has 0 saturated carbocycles. The molecule has 0 N–H and O–H groups in total. The Bertz CT molecular complexity index is 280. The summed E-state index contributed by atoms with van der Waals surface area (Å²) in [5.41, 5.74) is 1.14. The number of benzene rings is 1. The second kappa shape index (κ2) is 5.55. The molecule has 0 aromatic heterocycles. The van der Waals surface area contributed by atoms with Gasteiger partial charge in [-0.1, -0.05) is 30.3 Å². The third-order valence-electron chi connectivity index (χ3n) is 2.09. The lowest BCUT2D eigenvalue weighted by Gasteiger charge is -2.13. The highest BCUT2D eigenvalue weighted by molar-refractivity contribution is 5.80. The number of hydrogen-bond donors (Lipinski definition) is 0. The van der Waals surface area contributed by atoms with Crippen LogP contribution in [-0.2, 0) is 16.0 Å². The van der Waals surface area contributed by atoms with Gasteiger partial charge >= 0.3 is 0 Å². The summed E-state index contributed by atoms with van der Waals surface area (Å²) in [5, 5.41) is 0. The van der Waals surface area contributed by atoms with E-state index in [4.69, 9.17) is 4.74 Å². The fraction of sp³-hybridized carbons (Fsp3) is 0.417. The van der Waals surface area contributed by atoms with Crippen molar-refractivity contribution in [2.24, 2.45) is 0 Å². The van der Waals surface area contributed by atoms with E-state index in [1.54, 1.807) is 6.92 Å². The molecule has 0 spiro atoms. The summed E-state index contributed by atoms with van der Waals surface area (Å²) in [6.45, 7) is 4.06. The van der Waals surface area contributed by atoms with Crippen LogP contribution in [0.2, 0.25) is 0 Å². The van der Waals surface area contributed by atoms with Crippen molar-refractivity contribution in [2.75, 3.05) is 6.61 Å². The SMILES string of the molecule is CCOC(Cc1ccccc1)C(C)=O. The Labute approximate surface area is 84.9 Å². The smallest absolute Gasteiger partial charge is 0.158 e. The van der Waals surface area contributed by atoms with Gasteiger partial charge in [-0.25, -0.2) is 0 Å². The zero-order chi connectivity index (χ0) is 10.4. The lowest BCUT2D eigenvalue weighted by atomic mass is 10.1. The van der Waals surface area contributed by atoms with Crippen molar-refractivity contribution in [3.63, 3.8) is 0 Å². The van der Waals surface area contributed by atoms with Crippen LogP contribution in [-0.4, -0.2) is 18.5 Å². The molecule has 2 heteroatoms. The van der Waals surface area contributed by atoms with Gasteiger partial charge in [-0.2, -0.15) is 0 Å². The lowest BCUT2D eigenvalue weighted by molar-refractivity contribution is -0.127. The third-order valence-corrected chi connectivity index (χ3v) is 2.09. The van der Waals surface area contributed by atoms with Crippen molar-refractivity contribution in [3.05, 3.63) is 35.9 Å². The second-order valence-electron chi connectivity index (χ2n) is 3.24. The predicted octanol–water partition coefficient (Wildman–Crippen LogP) is 2.22. The van der Waals surface area contributed by atoms with Gasteiger partial charge < -0.3 is 4.74 Å². The number of ether oxygens (including phenoxy) is 1. The van der Waals surface area contributed by atoms with Gasteiger partial charge in [0.25, 0.3) is 0 Å². The van der Waals surface area contributed by atoms with Crippen LogP contribution in [0.25, 0.3) is 0 Å². The minimum atomic E-state index is -0.289. The molecule has 0 bridgehead atoms. The molecular weight excluding hydrogens is 176 g/mol. The molecule has 0 aliphatic carbocycles. The molecule has 0 aliphatic heterocycles. The standard InChI is InChI=1S/C12H16O2/c1-3-14-12(10(2)13)9-11-7-5-4-6-8-11/h4-8,12H,3,9H2,1-2H3. The molecule has 14 heavy (non-hydrogen) atoms. The Morgan fingerprint density at radius 1 is 1.36 bits per heavy atom. The van der Waals surface area contributed by atoms with Crippen molar-refractivity contribution in [3.8, 4) is 0 Å². The van der Waals surface area contributed by atoms with Crippen LogP contribution in [0, 0.1) is 0 Å². The highest BCUT2D eigenvalue weighted by Gasteiger charge is 2.13. The zero-order valence-corrected chi connectivity index (χ0v) is 8.69. The van der Waals surface area contributed by atoms with E-state index in [1.807, 2.05) is 37.3 Å².